The number of nitrogens with one attached hydrogen (secondary N) is 1. The Morgan fingerprint density at radius 3 is 2.29 bits per heavy atom. The molecule has 6 heteroatoms. The molecule has 0 bridgehead atoms. The Morgan fingerprint density at radius 1 is 0.821 bits per heavy atom. The van der Waals surface area contributed by atoms with Gasteiger partial charge < -0.3 is 14.8 Å². The maximum atomic E-state index is 6.07. The van der Waals surface area contributed by atoms with Crippen LogP contribution in [0.4, 0.5) is 5.69 Å². The molecule has 0 unspecified atom stereocenters. The summed E-state index contributed by atoms with van der Waals surface area (Å²) >= 11 is 15.5. The lowest BCUT2D eigenvalue weighted by Gasteiger charge is -2.14. The van der Waals surface area contributed by atoms with Crippen molar-refractivity contribution in [2.45, 2.75) is 20.1 Å². The van der Waals surface area contributed by atoms with Gasteiger partial charge in [-0.15, -0.1) is 0 Å². The number of hydrogen-bond donors (Lipinski definition) is 1. The molecule has 0 saturated heterocycles. The maximum Gasteiger partial charge on any atom is 0.161 e. The molecule has 0 aromatic heterocycles. The second-order valence-corrected chi connectivity index (χ2v) is 7.84. The molecule has 0 amide bonds. The second-order valence-electron chi connectivity index (χ2n) is 6.11. The topological polar surface area (TPSA) is 30.5 Å². The van der Waals surface area contributed by atoms with Crippen molar-refractivity contribution in [3.63, 3.8) is 0 Å². The average molecular weight is 481 g/mol. The van der Waals surface area contributed by atoms with E-state index in [2.05, 4.69) is 21.2 Å². The summed E-state index contributed by atoms with van der Waals surface area (Å²) in [5.74, 6) is 1.41. The van der Waals surface area contributed by atoms with Crippen molar-refractivity contribution in [1.29, 1.82) is 0 Å². The van der Waals surface area contributed by atoms with Crippen molar-refractivity contribution in [1.82, 2.24) is 0 Å². The number of halogens is 3. The number of anilines is 1. The van der Waals surface area contributed by atoms with Crippen LogP contribution in [0.1, 0.15) is 18.1 Å². The zero-order chi connectivity index (χ0) is 19.9. The van der Waals surface area contributed by atoms with Crippen LogP contribution < -0.4 is 14.8 Å². The Bertz CT molecular complexity index is 932. The monoisotopic (exact) mass is 479 g/mol. The fraction of sp³-hybridized carbons (Fsp3) is 0.182. The number of rotatable bonds is 8. The maximum absolute atomic E-state index is 6.07. The Balaban J connectivity index is 1.67. The van der Waals surface area contributed by atoms with Crippen LogP contribution in [0.25, 0.3) is 0 Å². The van der Waals surface area contributed by atoms with E-state index in [9.17, 15) is 0 Å². The number of hydrogen-bond acceptors (Lipinski definition) is 3. The Morgan fingerprint density at radius 2 is 1.57 bits per heavy atom. The smallest absolute Gasteiger partial charge is 0.161 e. The summed E-state index contributed by atoms with van der Waals surface area (Å²) in [7, 11) is 0. The van der Waals surface area contributed by atoms with Gasteiger partial charge in [0, 0.05) is 16.7 Å². The highest BCUT2D eigenvalue weighted by Gasteiger charge is 2.08. The fourth-order valence-electron chi connectivity index (χ4n) is 2.61. The number of benzene rings is 3. The molecule has 1 N–H and O–H groups in total. The van der Waals surface area contributed by atoms with Crippen molar-refractivity contribution >= 4 is 44.8 Å². The molecule has 0 atom stereocenters. The summed E-state index contributed by atoms with van der Waals surface area (Å²) in [6.07, 6.45) is 0. The normalized spacial score (nSPS) is 10.6. The molecule has 0 aliphatic carbocycles. The third kappa shape index (κ3) is 5.81. The Kier molecular flexibility index (Phi) is 7.49. The predicted octanol–water partition coefficient (Wildman–Crippen LogP) is 7.35. The molecular formula is C22H20BrCl2NO2. The minimum absolute atomic E-state index is 0.382. The van der Waals surface area contributed by atoms with Gasteiger partial charge in [0.15, 0.2) is 11.5 Å². The molecule has 3 nitrogen and oxygen atoms in total. The van der Waals surface area contributed by atoms with Gasteiger partial charge in [-0.05, 0) is 66.6 Å². The largest absolute Gasteiger partial charge is 0.490 e. The van der Waals surface area contributed by atoms with Crippen molar-refractivity contribution in [3.05, 3.63) is 86.3 Å². The quantitative estimate of drug-likeness (QED) is 0.365. The van der Waals surface area contributed by atoms with Gasteiger partial charge in [0.05, 0.1) is 16.7 Å². The second kappa shape index (κ2) is 10.1. The first-order valence-corrected chi connectivity index (χ1v) is 10.4. The van der Waals surface area contributed by atoms with Gasteiger partial charge in [0.25, 0.3) is 0 Å². The Labute approximate surface area is 183 Å². The minimum atomic E-state index is 0.382. The average Bonchev–Trinajstić information content (AvgIpc) is 2.69. The van der Waals surface area contributed by atoms with E-state index in [1.165, 1.54) is 0 Å². The zero-order valence-corrected chi connectivity index (χ0v) is 18.4. The summed E-state index contributed by atoms with van der Waals surface area (Å²) < 4.78 is 12.8. The van der Waals surface area contributed by atoms with E-state index < -0.39 is 0 Å². The fourth-order valence-corrected chi connectivity index (χ4v) is 3.20. The van der Waals surface area contributed by atoms with E-state index in [0.29, 0.717) is 35.6 Å². The zero-order valence-electron chi connectivity index (χ0n) is 15.3. The molecular weight excluding hydrogens is 461 g/mol. The standard InChI is InChI=1S/C22H20BrCl2NO2/c1-2-27-22-12-15(13-26-18-7-5-17(23)6-8-18)4-10-21(22)28-14-16-3-9-19(24)20(25)11-16/h3-12,26H,2,13-14H2,1H3. The van der Waals surface area contributed by atoms with Crippen LogP contribution in [0, 0.1) is 0 Å². The molecule has 0 heterocycles. The molecule has 0 aliphatic rings. The molecule has 3 aromatic carbocycles. The minimum Gasteiger partial charge on any atom is -0.490 e. The molecule has 28 heavy (non-hydrogen) atoms. The lowest BCUT2D eigenvalue weighted by molar-refractivity contribution is 0.269. The lowest BCUT2D eigenvalue weighted by Crippen LogP contribution is -2.03. The van der Waals surface area contributed by atoms with Gasteiger partial charge in [-0.25, -0.2) is 0 Å². The van der Waals surface area contributed by atoms with Crippen LogP contribution in [0.5, 0.6) is 11.5 Å². The first-order chi connectivity index (χ1) is 13.5. The summed E-state index contributed by atoms with van der Waals surface area (Å²) in [5, 5.41) is 4.45. The summed E-state index contributed by atoms with van der Waals surface area (Å²) in [6, 6.07) is 19.5. The lowest BCUT2D eigenvalue weighted by atomic mass is 10.2. The van der Waals surface area contributed by atoms with E-state index in [1.54, 1.807) is 12.1 Å². The third-order valence-corrected chi connectivity index (χ3v) is 5.29. The highest BCUT2D eigenvalue weighted by Crippen LogP contribution is 2.30. The van der Waals surface area contributed by atoms with Crippen molar-refractivity contribution in [3.8, 4) is 11.5 Å². The predicted molar refractivity (Wildman–Crippen MR) is 120 cm³/mol. The van der Waals surface area contributed by atoms with E-state index in [4.69, 9.17) is 32.7 Å². The molecule has 0 aliphatic heterocycles. The van der Waals surface area contributed by atoms with Crippen LogP contribution in [-0.4, -0.2) is 6.61 Å². The molecule has 0 saturated carbocycles. The SMILES string of the molecule is CCOc1cc(CNc2ccc(Br)cc2)ccc1OCc1ccc(Cl)c(Cl)c1. The van der Waals surface area contributed by atoms with Gasteiger partial charge in [0.1, 0.15) is 6.61 Å². The summed E-state index contributed by atoms with van der Waals surface area (Å²) in [6.45, 7) is 3.59. The van der Waals surface area contributed by atoms with E-state index >= 15 is 0 Å². The van der Waals surface area contributed by atoms with Crippen LogP contribution >= 0.6 is 39.1 Å². The van der Waals surface area contributed by atoms with E-state index in [0.717, 1.165) is 27.0 Å². The first-order valence-electron chi connectivity index (χ1n) is 8.87. The van der Waals surface area contributed by atoms with Gasteiger partial charge in [-0.3, -0.25) is 0 Å². The molecule has 3 aromatic rings. The first kappa shape index (κ1) is 20.8. The van der Waals surface area contributed by atoms with Gasteiger partial charge in [-0.2, -0.15) is 0 Å². The summed E-state index contributed by atoms with van der Waals surface area (Å²) in [5.41, 5.74) is 3.10. The summed E-state index contributed by atoms with van der Waals surface area (Å²) in [4.78, 5) is 0. The van der Waals surface area contributed by atoms with Gasteiger partial charge in [0.2, 0.25) is 0 Å². The highest BCUT2D eigenvalue weighted by molar-refractivity contribution is 9.10. The van der Waals surface area contributed by atoms with Crippen molar-refractivity contribution in [2.24, 2.45) is 0 Å². The molecule has 0 fully saturated rings. The van der Waals surface area contributed by atoms with Crippen LogP contribution in [-0.2, 0) is 13.2 Å². The molecule has 0 radical (unpaired) electrons. The van der Waals surface area contributed by atoms with Crippen molar-refractivity contribution < 1.29 is 9.47 Å². The van der Waals surface area contributed by atoms with E-state index in [1.807, 2.05) is 55.5 Å². The van der Waals surface area contributed by atoms with Crippen molar-refractivity contribution in [2.75, 3.05) is 11.9 Å². The number of ether oxygens (including phenoxy) is 2. The van der Waals surface area contributed by atoms with Crippen LogP contribution in [0.3, 0.4) is 0 Å². The highest BCUT2D eigenvalue weighted by atomic mass is 79.9. The third-order valence-electron chi connectivity index (χ3n) is 4.03. The van der Waals surface area contributed by atoms with Crippen LogP contribution in [0.15, 0.2) is 65.1 Å². The van der Waals surface area contributed by atoms with Gasteiger partial charge in [-0.1, -0.05) is 51.3 Å². The van der Waals surface area contributed by atoms with E-state index in [-0.39, 0.29) is 0 Å². The molecule has 0 spiro atoms. The van der Waals surface area contributed by atoms with Gasteiger partial charge >= 0.3 is 0 Å². The van der Waals surface area contributed by atoms with Crippen LogP contribution in [0.2, 0.25) is 10.0 Å². The molecule has 146 valence electrons. The Hall–Kier alpha value is -1.88. The molecule has 3 rings (SSSR count).